The second kappa shape index (κ2) is 18.5. The van der Waals surface area contributed by atoms with Crippen LogP contribution in [0.2, 0.25) is 0 Å². The molecule has 0 amide bonds. The molecule has 0 atom stereocenters. The highest BCUT2D eigenvalue weighted by Gasteiger charge is 2.24. The summed E-state index contributed by atoms with van der Waals surface area (Å²) in [6.45, 7) is 8.49. The number of benzene rings is 4. The summed E-state index contributed by atoms with van der Waals surface area (Å²) in [5.74, 6) is 1.73. The number of aromatic nitrogens is 6. The second-order valence-electron chi connectivity index (χ2n) is 14.4. The van der Waals surface area contributed by atoms with Crippen LogP contribution in [0.1, 0.15) is 63.4 Å². The number of hydrogen-bond acceptors (Lipinski definition) is 11. The maximum Gasteiger partial charge on any atom is 0.150 e. The zero-order valence-corrected chi connectivity index (χ0v) is 33.3. The number of carbonyl (C=O) groups is 1. The predicted molar refractivity (Wildman–Crippen MR) is 235 cm³/mol. The fraction of sp³-hybridized carbons (Fsp3) is 0.188. The van der Waals surface area contributed by atoms with Crippen molar-refractivity contribution in [1.29, 1.82) is 0 Å². The van der Waals surface area contributed by atoms with Gasteiger partial charge in [-0.25, -0.2) is 19.9 Å². The van der Waals surface area contributed by atoms with Gasteiger partial charge in [0.25, 0.3) is 0 Å². The molecule has 0 spiro atoms. The van der Waals surface area contributed by atoms with E-state index in [-0.39, 0.29) is 0 Å². The van der Waals surface area contributed by atoms with Crippen LogP contribution >= 0.6 is 0 Å². The van der Waals surface area contributed by atoms with Gasteiger partial charge >= 0.3 is 0 Å². The summed E-state index contributed by atoms with van der Waals surface area (Å²) < 4.78 is 0. The quantitative estimate of drug-likeness (QED) is 0.121. The van der Waals surface area contributed by atoms with E-state index in [0.29, 0.717) is 0 Å². The standard InChI is InChI=1S/C24H23N5.C15H13N5.C9H10O/c1-2-17-7-3-4-9-19(17)13-29-14-21-23(15-29)26-16-27-24(21)28-20-11-18-8-5-6-10-22(18)25-12-20;1-2-4-13-10(3-1)5-11(6-17-13)20-15-12-7-16-8-14(12)18-9-19-15;1-2-8-5-3-4-6-9(8)7-10/h3-12,16H,2,13-15H2,1H3,(H,26,27,28);1-6,9,16H,7-8H2,(H,18,19,20);3-7H,2H2,1H3. The lowest BCUT2D eigenvalue weighted by Crippen LogP contribution is -2.17. The lowest BCUT2D eigenvalue weighted by Gasteiger charge is -2.17. The van der Waals surface area contributed by atoms with E-state index in [1.165, 1.54) is 16.7 Å². The van der Waals surface area contributed by atoms with Crippen molar-refractivity contribution < 1.29 is 4.79 Å². The first-order valence-corrected chi connectivity index (χ1v) is 20.0. The van der Waals surface area contributed by atoms with Crippen LogP contribution in [0.15, 0.2) is 134 Å². The Bertz CT molecular complexity index is 2720. The Morgan fingerprint density at radius 2 is 1.15 bits per heavy atom. The van der Waals surface area contributed by atoms with Crippen LogP contribution in [0, 0.1) is 0 Å². The van der Waals surface area contributed by atoms with Crippen LogP contribution in [0.25, 0.3) is 21.8 Å². The molecule has 2 aliphatic heterocycles. The van der Waals surface area contributed by atoms with Gasteiger partial charge in [0, 0.05) is 60.2 Å². The maximum absolute atomic E-state index is 10.4. The first-order chi connectivity index (χ1) is 29.1. The van der Waals surface area contributed by atoms with Crippen molar-refractivity contribution in [3.8, 4) is 0 Å². The Hall–Kier alpha value is -6.95. The third-order valence-corrected chi connectivity index (χ3v) is 10.6. The fourth-order valence-electron chi connectivity index (χ4n) is 7.48. The predicted octanol–water partition coefficient (Wildman–Crippen LogP) is 9.28. The van der Waals surface area contributed by atoms with Gasteiger partial charge in [0.2, 0.25) is 0 Å². The molecule has 4 aromatic carbocycles. The Labute approximate surface area is 344 Å². The number of aldehydes is 1. The first kappa shape index (κ1) is 38.9. The van der Waals surface area contributed by atoms with E-state index in [4.69, 9.17) is 0 Å². The van der Waals surface area contributed by atoms with E-state index in [1.807, 2.05) is 80.0 Å². The summed E-state index contributed by atoms with van der Waals surface area (Å²) >= 11 is 0. The van der Waals surface area contributed by atoms with E-state index in [2.05, 4.69) is 106 Å². The van der Waals surface area contributed by atoms with Crippen molar-refractivity contribution >= 4 is 51.1 Å². The normalized spacial score (nSPS) is 12.8. The van der Waals surface area contributed by atoms with Crippen LogP contribution < -0.4 is 16.0 Å². The number of hydrogen-bond donors (Lipinski definition) is 3. The van der Waals surface area contributed by atoms with Crippen LogP contribution in [0.3, 0.4) is 0 Å². The summed E-state index contributed by atoms with van der Waals surface area (Å²) in [5, 5.41) is 12.3. The molecule has 2 aliphatic rings. The molecule has 10 rings (SSSR count). The molecule has 59 heavy (non-hydrogen) atoms. The number of pyridine rings is 2. The topological polar surface area (TPSA) is 134 Å². The molecule has 0 aliphatic carbocycles. The van der Waals surface area contributed by atoms with Gasteiger partial charge in [-0.15, -0.1) is 0 Å². The summed E-state index contributed by atoms with van der Waals surface area (Å²) in [7, 11) is 0. The van der Waals surface area contributed by atoms with Gasteiger partial charge in [0.15, 0.2) is 0 Å². The van der Waals surface area contributed by atoms with Crippen molar-refractivity contribution in [2.24, 2.45) is 0 Å². The molecule has 0 unspecified atom stereocenters. The van der Waals surface area contributed by atoms with Gasteiger partial charge in [-0.1, -0.05) is 98.8 Å². The number of nitrogens with zero attached hydrogens (tertiary/aromatic N) is 7. The van der Waals surface area contributed by atoms with Crippen molar-refractivity contribution in [1.82, 2.24) is 40.1 Å². The number of rotatable bonds is 9. The Morgan fingerprint density at radius 3 is 1.78 bits per heavy atom. The van der Waals surface area contributed by atoms with Crippen LogP contribution in [-0.4, -0.2) is 41.1 Å². The number of para-hydroxylation sites is 2. The summed E-state index contributed by atoms with van der Waals surface area (Å²) in [6.07, 6.45) is 9.83. The summed E-state index contributed by atoms with van der Waals surface area (Å²) in [6, 6.07) is 36.7. The number of fused-ring (bicyclic) bond motifs is 4. The van der Waals surface area contributed by atoms with Gasteiger partial charge < -0.3 is 16.0 Å². The largest absolute Gasteiger partial charge is 0.339 e. The van der Waals surface area contributed by atoms with E-state index in [9.17, 15) is 4.79 Å². The zero-order chi connectivity index (χ0) is 40.4. The molecule has 11 heteroatoms. The minimum Gasteiger partial charge on any atom is -0.339 e. The Morgan fingerprint density at radius 1 is 0.593 bits per heavy atom. The average molecular weight is 779 g/mol. The Kier molecular flexibility index (Phi) is 12.2. The highest BCUT2D eigenvalue weighted by molar-refractivity contribution is 5.83. The third-order valence-electron chi connectivity index (χ3n) is 10.6. The molecule has 8 aromatic rings. The smallest absolute Gasteiger partial charge is 0.150 e. The molecule has 0 saturated carbocycles. The average Bonchev–Trinajstić information content (AvgIpc) is 3.95. The van der Waals surface area contributed by atoms with Gasteiger partial charge in [-0.2, -0.15) is 0 Å². The molecule has 0 bridgehead atoms. The summed E-state index contributed by atoms with van der Waals surface area (Å²) in [4.78, 5) is 39.5. The van der Waals surface area contributed by atoms with Gasteiger partial charge in [0.1, 0.15) is 30.6 Å². The van der Waals surface area contributed by atoms with Crippen molar-refractivity contribution in [3.63, 3.8) is 0 Å². The molecule has 0 saturated heterocycles. The van der Waals surface area contributed by atoms with Crippen molar-refractivity contribution in [3.05, 3.63) is 179 Å². The summed E-state index contributed by atoms with van der Waals surface area (Å²) in [5.41, 5.74) is 13.1. The number of carbonyl (C=O) groups excluding carboxylic acids is 1. The number of nitrogens with one attached hydrogen (secondary N) is 3. The molecule has 3 N–H and O–H groups in total. The molecule has 294 valence electrons. The fourth-order valence-corrected chi connectivity index (χ4v) is 7.48. The first-order valence-electron chi connectivity index (χ1n) is 20.0. The second-order valence-corrected chi connectivity index (χ2v) is 14.4. The SMILES string of the molecule is CCc1ccccc1C=O.CCc1ccccc1CN1Cc2ncnc(Nc3cnc4ccccc4c3)c2C1.c1ccc2ncc(Nc3ncnc4c3CNC4)cc2c1. The third kappa shape index (κ3) is 9.28. The van der Waals surface area contributed by atoms with Crippen molar-refractivity contribution in [2.45, 2.75) is 59.4 Å². The lowest BCUT2D eigenvalue weighted by molar-refractivity contribution is 0.112. The van der Waals surface area contributed by atoms with Gasteiger partial charge in [-0.3, -0.25) is 19.7 Å². The van der Waals surface area contributed by atoms with E-state index >= 15 is 0 Å². The van der Waals surface area contributed by atoms with E-state index in [1.54, 1.807) is 12.7 Å². The van der Waals surface area contributed by atoms with E-state index in [0.717, 1.165) is 125 Å². The number of anilines is 4. The minimum absolute atomic E-state index is 0.805. The van der Waals surface area contributed by atoms with Crippen LogP contribution in [0.4, 0.5) is 23.0 Å². The minimum atomic E-state index is 0.805. The molecule has 0 fully saturated rings. The van der Waals surface area contributed by atoms with Crippen LogP contribution in [0.5, 0.6) is 0 Å². The van der Waals surface area contributed by atoms with Gasteiger partial charge in [-0.05, 0) is 53.8 Å². The van der Waals surface area contributed by atoms with E-state index < -0.39 is 0 Å². The molecule has 4 aromatic heterocycles. The van der Waals surface area contributed by atoms with Gasteiger partial charge in [0.05, 0.1) is 46.2 Å². The number of aryl methyl sites for hydroxylation is 2. The highest BCUT2D eigenvalue weighted by atomic mass is 16.1. The maximum atomic E-state index is 10.4. The van der Waals surface area contributed by atoms with Crippen molar-refractivity contribution in [2.75, 3.05) is 10.6 Å². The highest BCUT2D eigenvalue weighted by Crippen LogP contribution is 2.30. The monoisotopic (exact) mass is 778 g/mol. The lowest BCUT2D eigenvalue weighted by atomic mass is 10.1. The molecular weight excluding hydrogens is 733 g/mol. The molecular formula is C48H46N10O. The molecule has 11 nitrogen and oxygen atoms in total. The molecule has 0 radical (unpaired) electrons. The van der Waals surface area contributed by atoms with Crippen LogP contribution in [-0.2, 0) is 45.6 Å². The zero-order valence-electron chi connectivity index (χ0n) is 33.3. The Balaban J connectivity index is 0.000000139. The molecule has 6 heterocycles.